The van der Waals surface area contributed by atoms with Gasteiger partial charge in [-0.2, -0.15) is 0 Å². The van der Waals surface area contributed by atoms with Crippen LogP contribution in [0.3, 0.4) is 0 Å². The van der Waals surface area contributed by atoms with Gasteiger partial charge >= 0.3 is 65.1 Å². The van der Waals surface area contributed by atoms with Gasteiger partial charge in [0.2, 0.25) is 0 Å². The van der Waals surface area contributed by atoms with E-state index in [-0.39, 0.29) is 0 Å². The van der Waals surface area contributed by atoms with E-state index < -0.39 is 0 Å². The predicted octanol–water partition coefficient (Wildman–Crippen LogP) is 0.324. The molecule has 0 aliphatic carbocycles. The summed E-state index contributed by atoms with van der Waals surface area (Å²) in [7, 11) is 6.00. The second-order valence-electron chi connectivity index (χ2n) is 2.70. The van der Waals surface area contributed by atoms with E-state index in [0.29, 0.717) is 0 Å². The molecule has 0 amide bonds. The van der Waals surface area contributed by atoms with E-state index in [0.717, 1.165) is 27.4 Å². The van der Waals surface area contributed by atoms with Gasteiger partial charge < -0.3 is 4.90 Å². The number of nitriles is 1. The molecule has 64 valence electrons. The molecule has 0 fully saturated rings. The third kappa shape index (κ3) is 6.65. The van der Waals surface area contributed by atoms with E-state index >= 15 is 0 Å². The van der Waals surface area contributed by atoms with E-state index in [2.05, 4.69) is 6.07 Å². The van der Waals surface area contributed by atoms with Gasteiger partial charge in [0.1, 0.15) is 0 Å². The van der Waals surface area contributed by atoms with Crippen molar-refractivity contribution in [3.05, 3.63) is 16.3 Å². The van der Waals surface area contributed by atoms with Crippen molar-refractivity contribution < 1.29 is 0 Å². The number of thiophene rings is 1. The fourth-order valence-corrected chi connectivity index (χ4v) is 2.40. The first-order valence-corrected chi connectivity index (χ1v) is 5.94. The first-order chi connectivity index (χ1) is 5.56. The Morgan fingerprint density at radius 1 is 1.50 bits per heavy atom. The summed E-state index contributed by atoms with van der Waals surface area (Å²) >= 11 is 2.64. The monoisotopic (exact) mass is 288 g/mol. The van der Waals surface area contributed by atoms with Crippen LogP contribution < -0.4 is 3.58 Å². The fourth-order valence-electron chi connectivity index (χ4n) is 0.410. The molecule has 0 spiro atoms. The second kappa shape index (κ2) is 6.46. The standard InChI is InChI=1S/C5H2NS.C3H9N.Sn.H/c6-4-5-2-1-3-7-5;1-4(2)3;;/h2-3H;1-3H3;;. The van der Waals surface area contributed by atoms with Crippen LogP contribution in [-0.4, -0.2) is 48.6 Å². The van der Waals surface area contributed by atoms with Crippen LogP contribution in [0, 0.1) is 11.3 Å². The van der Waals surface area contributed by atoms with Crippen LogP contribution in [-0.2, 0) is 0 Å². The van der Waals surface area contributed by atoms with Crippen LogP contribution in [0.5, 0.6) is 0 Å². The molecule has 0 aromatic carbocycles. The minimum absolute atomic E-state index is 0.826. The molecule has 0 bridgehead atoms. The molecule has 0 saturated heterocycles. The van der Waals surface area contributed by atoms with E-state index in [1.165, 1.54) is 14.9 Å². The van der Waals surface area contributed by atoms with Crippen LogP contribution in [0.25, 0.3) is 0 Å². The van der Waals surface area contributed by atoms with Gasteiger partial charge in [-0.15, -0.1) is 0 Å². The SMILES string of the molecule is CN(C)C.N#Cc1c[c]([SnH])cs1. The topological polar surface area (TPSA) is 27.0 Å². The van der Waals surface area contributed by atoms with Gasteiger partial charge in [-0.25, -0.2) is 0 Å². The van der Waals surface area contributed by atoms with Crippen molar-refractivity contribution in [2.75, 3.05) is 21.1 Å². The Balaban J connectivity index is 0.000000261. The summed E-state index contributed by atoms with van der Waals surface area (Å²) < 4.78 is 1.30. The molecule has 2 nitrogen and oxygen atoms in total. The first kappa shape index (κ1) is 11.9. The molecule has 0 aliphatic heterocycles. The summed E-state index contributed by atoms with van der Waals surface area (Å²) in [6.07, 6.45) is 0. The Morgan fingerprint density at radius 3 is 2.17 bits per heavy atom. The van der Waals surface area contributed by atoms with Crippen molar-refractivity contribution >= 4 is 37.4 Å². The number of rotatable bonds is 0. The molecule has 1 rings (SSSR count). The van der Waals surface area contributed by atoms with Gasteiger partial charge in [-0.05, 0) is 21.1 Å². The quantitative estimate of drug-likeness (QED) is 0.643. The number of nitrogens with zero attached hydrogens (tertiary/aromatic N) is 2. The van der Waals surface area contributed by atoms with E-state index in [1.54, 1.807) is 0 Å². The van der Waals surface area contributed by atoms with Crippen molar-refractivity contribution in [3.8, 4) is 6.07 Å². The maximum atomic E-state index is 8.33. The van der Waals surface area contributed by atoms with Crippen molar-refractivity contribution in [1.29, 1.82) is 5.26 Å². The average Bonchev–Trinajstić information content (AvgIpc) is 2.34. The zero-order chi connectivity index (χ0) is 9.56. The molecular formula is C8H12N2SSn. The molecule has 1 aromatic rings. The Hall–Kier alpha value is -0.0513. The summed E-state index contributed by atoms with van der Waals surface area (Å²) in [6.45, 7) is 0. The van der Waals surface area contributed by atoms with Gasteiger partial charge in [0.25, 0.3) is 0 Å². The third-order valence-electron chi connectivity index (χ3n) is 0.730. The number of hydrogen-bond donors (Lipinski definition) is 0. The van der Waals surface area contributed by atoms with Gasteiger partial charge in [0, 0.05) is 0 Å². The zero-order valence-electron chi connectivity index (χ0n) is 7.53. The van der Waals surface area contributed by atoms with Gasteiger partial charge in [0.15, 0.2) is 0 Å². The molecule has 0 unspecified atom stereocenters. The summed E-state index contributed by atoms with van der Waals surface area (Å²) in [5.41, 5.74) is 0. The maximum absolute atomic E-state index is 8.33. The van der Waals surface area contributed by atoms with Crippen LogP contribution >= 0.6 is 11.3 Å². The average molecular weight is 287 g/mol. The molecule has 0 atom stereocenters. The van der Waals surface area contributed by atoms with Crippen molar-refractivity contribution in [2.45, 2.75) is 0 Å². The van der Waals surface area contributed by atoms with E-state index in [4.69, 9.17) is 5.26 Å². The number of hydrogen-bond acceptors (Lipinski definition) is 3. The Labute approximate surface area is 90.9 Å². The molecule has 1 aromatic heterocycles. The van der Waals surface area contributed by atoms with Crippen LogP contribution in [0.1, 0.15) is 4.88 Å². The first-order valence-electron chi connectivity index (χ1n) is 3.41. The molecule has 12 heavy (non-hydrogen) atoms. The minimum atomic E-state index is 0.826. The molecule has 4 heteroatoms. The summed E-state index contributed by atoms with van der Waals surface area (Å²) in [5, 5.41) is 10.4. The predicted molar refractivity (Wildman–Crippen MR) is 55.4 cm³/mol. The van der Waals surface area contributed by atoms with Crippen molar-refractivity contribution in [1.82, 2.24) is 4.90 Å². The molecule has 2 radical (unpaired) electrons. The summed E-state index contributed by atoms with van der Waals surface area (Å²) in [4.78, 5) is 2.83. The van der Waals surface area contributed by atoms with Gasteiger partial charge in [-0.1, -0.05) is 0 Å². The van der Waals surface area contributed by atoms with Crippen LogP contribution in [0.4, 0.5) is 0 Å². The van der Waals surface area contributed by atoms with Crippen molar-refractivity contribution in [3.63, 3.8) is 0 Å². The van der Waals surface area contributed by atoms with Crippen LogP contribution in [0.15, 0.2) is 11.4 Å². The zero-order valence-corrected chi connectivity index (χ0v) is 11.6. The Morgan fingerprint density at radius 2 is 2.00 bits per heavy atom. The molecule has 0 saturated carbocycles. The Kier molecular flexibility index (Phi) is 6.44. The molecular weight excluding hydrogens is 275 g/mol. The third-order valence-corrected chi connectivity index (χ3v) is 3.22. The molecule has 0 N–H and O–H groups in total. The van der Waals surface area contributed by atoms with Crippen LogP contribution in [0.2, 0.25) is 0 Å². The van der Waals surface area contributed by atoms with Gasteiger partial charge in [-0.3, -0.25) is 0 Å². The normalized spacial score (nSPS) is 8.67. The Bertz CT molecular complexity index is 260. The van der Waals surface area contributed by atoms with E-state index in [9.17, 15) is 0 Å². The summed E-state index contributed by atoms with van der Waals surface area (Å²) in [5.74, 6) is 0. The second-order valence-corrected chi connectivity index (χ2v) is 5.51. The van der Waals surface area contributed by atoms with E-state index in [1.807, 2.05) is 37.5 Å². The fraction of sp³-hybridized carbons (Fsp3) is 0.375. The summed E-state index contributed by atoms with van der Waals surface area (Å²) in [6, 6.07) is 4.02. The van der Waals surface area contributed by atoms with Gasteiger partial charge in [0.05, 0.1) is 0 Å². The van der Waals surface area contributed by atoms with Crippen molar-refractivity contribution in [2.24, 2.45) is 0 Å². The molecule has 0 aliphatic rings. The molecule has 1 heterocycles.